The first-order chi connectivity index (χ1) is 8.80. The van der Waals surface area contributed by atoms with Crippen molar-refractivity contribution in [3.63, 3.8) is 0 Å². The third-order valence-corrected chi connectivity index (χ3v) is 3.80. The lowest BCUT2D eigenvalue weighted by molar-refractivity contribution is -0.0384. The first kappa shape index (κ1) is 13.9. The van der Waals surface area contributed by atoms with Crippen LogP contribution < -0.4 is 5.73 Å². The van der Waals surface area contributed by atoms with Crippen molar-refractivity contribution in [3.8, 4) is 0 Å². The van der Waals surface area contributed by atoms with Crippen LogP contribution in [0, 0.1) is 13.8 Å². The van der Waals surface area contributed by atoms with Crippen molar-refractivity contribution in [2.45, 2.75) is 51.4 Å². The normalized spacial score (nSPS) is 19.4. The van der Waals surface area contributed by atoms with E-state index in [-0.39, 0.29) is 18.8 Å². The van der Waals surface area contributed by atoms with E-state index in [0.717, 1.165) is 11.3 Å². The highest BCUT2D eigenvalue weighted by Gasteiger charge is 2.36. The summed E-state index contributed by atoms with van der Waals surface area (Å²) in [5.74, 6) is -2.98. The van der Waals surface area contributed by atoms with Gasteiger partial charge in [-0.3, -0.25) is 9.78 Å². The van der Waals surface area contributed by atoms with Crippen molar-refractivity contribution in [3.05, 3.63) is 28.6 Å². The molecule has 0 spiro atoms. The average molecular weight is 268 g/mol. The molecule has 1 aromatic heterocycles. The third-order valence-electron chi connectivity index (χ3n) is 3.80. The molecular formula is C14H18F2N2O. The number of amides is 1. The quantitative estimate of drug-likeness (QED) is 0.896. The third kappa shape index (κ3) is 2.91. The summed E-state index contributed by atoms with van der Waals surface area (Å²) in [6.45, 7) is 3.53. The molecule has 0 aromatic carbocycles. The van der Waals surface area contributed by atoms with Crippen LogP contribution in [0.15, 0.2) is 6.07 Å². The molecule has 5 heteroatoms. The minimum atomic E-state index is -2.53. The molecule has 0 bridgehead atoms. The Bertz CT molecular complexity index is 481. The SMILES string of the molecule is Cc1cc(C2CCC(F)(F)CC2)nc(C)c1C(N)=O. The van der Waals surface area contributed by atoms with Crippen molar-refractivity contribution in [1.29, 1.82) is 0 Å². The zero-order chi connectivity index (χ0) is 14.2. The molecule has 1 aliphatic rings. The topological polar surface area (TPSA) is 56.0 Å². The van der Waals surface area contributed by atoms with E-state index in [4.69, 9.17) is 5.73 Å². The van der Waals surface area contributed by atoms with Gasteiger partial charge in [-0.15, -0.1) is 0 Å². The fraction of sp³-hybridized carbons (Fsp3) is 0.571. The average Bonchev–Trinajstić information content (AvgIpc) is 2.27. The summed E-state index contributed by atoms with van der Waals surface area (Å²) in [7, 11) is 0. The van der Waals surface area contributed by atoms with Crippen LogP contribution in [0.2, 0.25) is 0 Å². The van der Waals surface area contributed by atoms with E-state index in [2.05, 4.69) is 4.98 Å². The Labute approximate surface area is 111 Å². The van der Waals surface area contributed by atoms with Crippen LogP contribution in [-0.2, 0) is 0 Å². The van der Waals surface area contributed by atoms with Crippen molar-refractivity contribution >= 4 is 5.91 Å². The molecule has 1 saturated carbocycles. The maximum Gasteiger partial charge on any atom is 0.250 e. The Morgan fingerprint density at radius 1 is 1.37 bits per heavy atom. The minimum absolute atomic E-state index is 0.0546. The number of hydrogen-bond donors (Lipinski definition) is 1. The maximum absolute atomic E-state index is 13.1. The van der Waals surface area contributed by atoms with Gasteiger partial charge in [-0.1, -0.05) is 0 Å². The summed E-state index contributed by atoms with van der Waals surface area (Å²) in [4.78, 5) is 15.7. The Hall–Kier alpha value is -1.52. The summed E-state index contributed by atoms with van der Waals surface area (Å²) >= 11 is 0. The number of halogens is 2. The van der Waals surface area contributed by atoms with E-state index in [9.17, 15) is 13.6 Å². The maximum atomic E-state index is 13.1. The van der Waals surface area contributed by atoms with E-state index >= 15 is 0 Å². The fourth-order valence-corrected chi connectivity index (χ4v) is 2.78. The van der Waals surface area contributed by atoms with Crippen LogP contribution in [0.25, 0.3) is 0 Å². The fourth-order valence-electron chi connectivity index (χ4n) is 2.78. The van der Waals surface area contributed by atoms with Gasteiger partial charge >= 0.3 is 0 Å². The van der Waals surface area contributed by atoms with Crippen molar-refractivity contribution in [2.75, 3.05) is 0 Å². The van der Waals surface area contributed by atoms with Crippen LogP contribution in [0.5, 0.6) is 0 Å². The molecule has 0 atom stereocenters. The predicted molar refractivity (Wildman–Crippen MR) is 68.4 cm³/mol. The van der Waals surface area contributed by atoms with Gasteiger partial charge in [0.15, 0.2) is 0 Å². The highest BCUT2D eigenvalue weighted by Crippen LogP contribution is 2.40. The summed E-state index contributed by atoms with van der Waals surface area (Å²) in [5, 5.41) is 0. The van der Waals surface area contributed by atoms with Gasteiger partial charge in [0.25, 0.3) is 5.91 Å². The van der Waals surface area contributed by atoms with Gasteiger partial charge in [0.2, 0.25) is 5.92 Å². The molecule has 19 heavy (non-hydrogen) atoms. The molecule has 2 N–H and O–H groups in total. The second-order valence-corrected chi connectivity index (χ2v) is 5.32. The number of aryl methyl sites for hydroxylation is 2. The predicted octanol–water partition coefficient (Wildman–Crippen LogP) is 3.09. The zero-order valence-corrected chi connectivity index (χ0v) is 11.2. The largest absolute Gasteiger partial charge is 0.366 e. The highest BCUT2D eigenvalue weighted by molar-refractivity contribution is 5.95. The van der Waals surface area contributed by atoms with Gasteiger partial charge < -0.3 is 5.73 Å². The molecular weight excluding hydrogens is 250 g/mol. The molecule has 1 amide bonds. The number of carbonyl (C=O) groups is 1. The molecule has 1 fully saturated rings. The van der Waals surface area contributed by atoms with Crippen LogP contribution in [0.4, 0.5) is 8.78 Å². The molecule has 3 nitrogen and oxygen atoms in total. The molecule has 0 saturated heterocycles. The van der Waals surface area contributed by atoms with E-state index in [0.29, 0.717) is 24.1 Å². The summed E-state index contributed by atoms with van der Waals surface area (Å²) < 4.78 is 26.3. The van der Waals surface area contributed by atoms with Crippen molar-refractivity contribution < 1.29 is 13.6 Å². The first-order valence-electron chi connectivity index (χ1n) is 6.46. The lowest BCUT2D eigenvalue weighted by atomic mass is 9.84. The number of pyridine rings is 1. The first-order valence-corrected chi connectivity index (χ1v) is 6.46. The van der Waals surface area contributed by atoms with Gasteiger partial charge in [-0.2, -0.15) is 0 Å². The molecule has 0 radical (unpaired) electrons. The summed E-state index contributed by atoms with van der Waals surface area (Å²) in [5.41, 5.74) is 7.89. The molecule has 0 unspecified atom stereocenters. The van der Waals surface area contributed by atoms with Crippen LogP contribution in [-0.4, -0.2) is 16.8 Å². The standard InChI is InChI=1S/C14H18F2N2O/c1-8-7-11(18-9(2)12(8)13(17)19)10-3-5-14(15,16)6-4-10/h7,10H,3-6H2,1-2H3,(H2,17,19). The number of hydrogen-bond acceptors (Lipinski definition) is 2. The monoisotopic (exact) mass is 268 g/mol. The van der Waals surface area contributed by atoms with Crippen LogP contribution in [0.1, 0.15) is 58.9 Å². The number of primary amides is 1. The van der Waals surface area contributed by atoms with Gasteiger partial charge in [-0.05, 0) is 38.3 Å². The Morgan fingerprint density at radius 2 is 1.95 bits per heavy atom. The van der Waals surface area contributed by atoms with Crippen LogP contribution >= 0.6 is 0 Å². The van der Waals surface area contributed by atoms with E-state index in [1.54, 1.807) is 19.9 Å². The Balaban J connectivity index is 2.26. The zero-order valence-electron chi connectivity index (χ0n) is 11.2. The number of rotatable bonds is 2. The molecule has 2 rings (SSSR count). The molecule has 1 heterocycles. The van der Waals surface area contributed by atoms with Crippen molar-refractivity contribution in [1.82, 2.24) is 4.98 Å². The van der Waals surface area contributed by atoms with Gasteiger partial charge in [-0.25, -0.2) is 8.78 Å². The number of nitrogens with two attached hydrogens (primary N) is 1. The minimum Gasteiger partial charge on any atom is -0.366 e. The molecule has 1 aliphatic carbocycles. The smallest absolute Gasteiger partial charge is 0.250 e. The Morgan fingerprint density at radius 3 is 2.42 bits per heavy atom. The number of aromatic nitrogens is 1. The molecule has 1 aromatic rings. The lowest BCUT2D eigenvalue weighted by Gasteiger charge is -2.28. The van der Waals surface area contributed by atoms with Gasteiger partial charge in [0, 0.05) is 24.5 Å². The number of nitrogens with zero attached hydrogens (tertiary/aromatic N) is 1. The summed E-state index contributed by atoms with van der Waals surface area (Å²) in [6.07, 6.45) is 0.702. The second kappa shape index (κ2) is 4.87. The van der Waals surface area contributed by atoms with Gasteiger partial charge in [0.1, 0.15) is 0 Å². The number of alkyl halides is 2. The second-order valence-electron chi connectivity index (χ2n) is 5.32. The lowest BCUT2D eigenvalue weighted by Crippen LogP contribution is -2.24. The van der Waals surface area contributed by atoms with E-state index < -0.39 is 11.8 Å². The molecule has 104 valence electrons. The summed E-state index contributed by atoms with van der Waals surface area (Å²) in [6, 6.07) is 1.81. The number of carbonyl (C=O) groups excluding carboxylic acids is 1. The van der Waals surface area contributed by atoms with E-state index in [1.165, 1.54) is 0 Å². The van der Waals surface area contributed by atoms with E-state index in [1.807, 2.05) is 0 Å². The van der Waals surface area contributed by atoms with Gasteiger partial charge in [0.05, 0.1) is 11.3 Å². The molecule has 0 aliphatic heterocycles. The highest BCUT2D eigenvalue weighted by atomic mass is 19.3. The Kier molecular flexibility index (Phi) is 3.56. The van der Waals surface area contributed by atoms with Crippen molar-refractivity contribution in [2.24, 2.45) is 5.73 Å². The van der Waals surface area contributed by atoms with Crippen LogP contribution in [0.3, 0.4) is 0 Å².